The number of hydrogen-bond acceptors (Lipinski definition) is 1. The number of rotatable bonds is 1. The van der Waals surface area contributed by atoms with Crippen LogP contribution in [0.3, 0.4) is 0 Å². The second kappa shape index (κ2) is 4.26. The molecule has 4 fully saturated rings. The Kier molecular flexibility index (Phi) is 2.72. The fourth-order valence-electron chi connectivity index (χ4n) is 5.20. The highest BCUT2D eigenvalue weighted by molar-refractivity contribution is 4.95. The molecular weight excluding hydrogens is 208 g/mol. The van der Waals surface area contributed by atoms with Crippen LogP contribution in [0.25, 0.3) is 0 Å². The summed E-state index contributed by atoms with van der Waals surface area (Å²) in [6, 6.07) is 0. The van der Waals surface area contributed by atoms with Crippen molar-refractivity contribution in [1.29, 1.82) is 0 Å². The molecule has 3 aliphatic carbocycles. The summed E-state index contributed by atoms with van der Waals surface area (Å²) in [4.78, 5) is 0. The van der Waals surface area contributed by atoms with Gasteiger partial charge in [0.15, 0.2) is 0 Å². The van der Waals surface area contributed by atoms with Crippen molar-refractivity contribution >= 4 is 0 Å². The Morgan fingerprint density at radius 3 is 2.06 bits per heavy atom. The molecule has 1 heterocycles. The van der Waals surface area contributed by atoms with Gasteiger partial charge in [-0.2, -0.15) is 0 Å². The van der Waals surface area contributed by atoms with E-state index in [1.165, 1.54) is 32.1 Å². The Hall–Kier alpha value is -0.0400. The van der Waals surface area contributed by atoms with Crippen molar-refractivity contribution in [2.75, 3.05) is 0 Å². The van der Waals surface area contributed by atoms with Gasteiger partial charge in [-0.15, -0.1) is 0 Å². The maximum atomic E-state index is 5.71. The predicted molar refractivity (Wildman–Crippen MR) is 68.8 cm³/mol. The van der Waals surface area contributed by atoms with Crippen molar-refractivity contribution in [3.8, 4) is 0 Å². The Balaban J connectivity index is 1.38. The predicted octanol–water partition coefficient (Wildman–Crippen LogP) is 4.16. The van der Waals surface area contributed by atoms with E-state index in [2.05, 4.69) is 0 Å². The van der Waals surface area contributed by atoms with E-state index < -0.39 is 0 Å². The van der Waals surface area contributed by atoms with E-state index in [0.29, 0.717) is 12.2 Å². The summed E-state index contributed by atoms with van der Waals surface area (Å²) in [6.07, 6.45) is 16.5. The summed E-state index contributed by atoms with van der Waals surface area (Å²) in [6.45, 7) is 0. The Labute approximate surface area is 105 Å². The zero-order chi connectivity index (χ0) is 11.2. The van der Waals surface area contributed by atoms with Crippen LogP contribution in [0, 0.1) is 23.7 Å². The fourth-order valence-corrected chi connectivity index (χ4v) is 5.20. The highest BCUT2D eigenvalue weighted by Gasteiger charge is 2.46. The van der Waals surface area contributed by atoms with E-state index in [1.807, 2.05) is 0 Å². The molecule has 4 rings (SSSR count). The van der Waals surface area contributed by atoms with Crippen LogP contribution < -0.4 is 0 Å². The molecule has 1 aliphatic heterocycles. The summed E-state index contributed by atoms with van der Waals surface area (Å²) >= 11 is 0. The number of epoxide rings is 1. The van der Waals surface area contributed by atoms with Gasteiger partial charge in [-0.05, 0) is 62.2 Å². The third kappa shape index (κ3) is 2.05. The highest BCUT2D eigenvalue weighted by Crippen LogP contribution is 2.50. The van der Waals surface area contributed by atoms with Crippen molar-refractivity contribution in [3.05, 3.63) is 0 Å². The zero-order valence-electron chi connectivity index (χ0n) is 10.9. The smallest absolute Gasteiger partial charge is 0.0844 e. The monoisotopic (exact) mass is 234 g/mol. The third-order valence-corrected chi connectivity index (χ3v) is 6.29. The second-order valence-corrected chi connectivity index (χ2v) is 7.16. The molecule has 0 bridgehead atoms. The Morgan fingerprint density at radius 2 is 1.18 bits per heavy atom. The molecule has 0 aromatic heterocycles. The van der Waals surface area contributed by atoms with Crippen molar-refractivity contribution in [1.82, 2.24) is 0 Å². The van der Waals surface area contributed by atoms with Gasteiger partial charge in [0.2, 0.25) is 0 Å². The lowest BCUT2D eigenvalue weighted by Crippen LogP contribution is -2.32. The first-order valence-electron chi connectivity index (χ1n) is 8.05. The van der Waals surface area contributed by atoms with E-state index >= 15 is 0 Å². The van der Waals surface area contributed by atoms with Gasteiger partial charge in [0.25, 0.3) is 0 Å². The molecule has 0 aromatic carbocycles. The van der Waals surface area contributed by atoms with Gasteiger partial charge >= 0.3 is 0 Å². The number of fused-ring (bicyclic) bond motifs is 2. The number of ether oxygens (including phenoxy) is 1. The summed E-state index contributed by atoms with van der Waals surface area (Å²) in [5, 5.41) is 0. The molecule has 96 valence electrons. The van der Waals surface area contributed by atoms with E-state index in [-0.39, 0.29) is 0 Å². The van der Waals surface area contributed by atoms with Gasteiger partial charge < -0.3 is 4.74 Å². The Bertz CT molecular complexity index is 287. The summed E-state index contributed by atoms with van der Waals surface area (Å²) < 4.78 is 5.71. The molecular formula is C16H26O. The molecule has 0 radical (unpaired) electrons. The van der Waals surface area contributed by atoms with Gasteiger partial charge in [0.1, 0.15) is 0 Å². The zero-order valence-corrected chi connectivity index (χ0v) is 10.9. The topological polar surface area (TPSA) is 12.5 Å². The van der Waals surface area contributed by atoms with Crippen LogP contribution >= 0.6 is 0 Å². The van der Waals surface area contributed by atoms with Gasteiger partial charge in [-0.25, -0.2) is 0 Å². The minimum absolute atomic E-state index is 0.692. The van der Waals surface area contributed by atoms with Crippen LogP contribution in [0.1, 0.15) is 64.2 Å². The SMILES string of the molecule is C1CCC2CC(C3CCC4OC4C3)CCC2C1. The molecule has 1 nitrogen and oxygen atoms in total. The minimum atomic E-state index is 0.692. The molecule has 4 aliphatic rings. The average molecular weight is 234 g/mol. The molecule has 0 amide bonds. The van der Waals surface area contributed by atoms with Crippen LogP contribution in [0.5, 0.6) is 0 Å². The van der Waals surface area contributed by atoms with E-state index in [4.69, 9.17) is 4.74 Å². The molecule has 0 aromatic rings. The van der Waals surface area contributed by atoms with Gasteiger partial charge in [0.05, 0.1) is 12.2 Å². The second-order valence-electron chi connectivity index (χ2n) is 7.16. The standard InChI is InChI=1S/C16H26O/c1-2-4-12-9-13(6-5-11(12)3-1)14-7-8-15-16(10-14)17-15/h11-16H,1-10H2. The summed E-state index contributed by atoms with van der Waals surface area (Å²) in [5.74, 6) is 4.33. The van der Waals surface area contributed by atoms with Crippen molar-refractivity contribution in [2.24, 2.45) is 23.7 Å². The fraction of sp³-hybridized carbons (Fsp3) is 1.00. The van der Waals surface area contributed by atoms with Crippen LogP contribution in [-0.2, 0) is 4.74 Å². The molecule has 1 saturated heterocycles. The quantitative estimate of drug-likeness (QED) is 0.621. The highest BCUT2D eigenvalue weighted by atomic mass is 16.6. The van der Waals surface area contributed by atoms with Gasteiger partial charge in [-0.3, -0.25) is 0 Å². The van der Waals surface area contributed by atoms with Crippen molar-refractivity contribution in [2.45, 2.75) is 76.4 Å². The first-order valence-corrected chi connectivity index (χ1v) is 8.05. The lowest BCUT2D eigenvalue weighted by Gasteiger charge is -2.42. The first-order chi connectivity index (χ1) is 8.40. The summed E-state index contributed by atoms with van der Waals surface area (Å²) in [7, 11) is 0. The molecule has 1 heteroatoms. The molecule has 3 saturated carbocycles. The maximum Gasteiger partial charge on any atom is 0.0844 e. The molecule has 6 atom stereocenters. The summed E-state index contributed by atoms with van der Waals surface area (Å²) in [5.41, 5.74) is 0. The van der Waals surface area contributed by atoms with E-state index in [9.17, 15) is 0 Å². The van der Waals surface area contributed by atoms with Crippen molar-refractivity contribution < 1.29 is 4.74 Å². The number of hydrogen-bond donors (Lipinski definition) is 0. The molecule has 6 unspecified atom stereocenters. The first kappa shape index (κ1) is 10.8. The van der Waals surface area contributed by atoms with E-state index in [1.54, 1.807) is 32.1 Å². The van der Waals surface area contributed by atoms with Gasteiger partial charge in [-0.1, -0.05) is 25.7 Å². The van der Waals surface area contributed by atoms with Gasteiger partial charge in [0, 0.05) is 0 Å². The molecule has 0 N–H and O–H groups in total. The Morgan fingerprint density at radius 1 is 0.529 bits per heavy atom. The van der Waals surface area contributed by atoms with Crippen molar-refractivity contribution in [3.63, 3.8) is 0 Å². The van der Waals surface area contributed by atoms with Crippen LogP contribution in [0.4, 0.5) is 0 Å². The van der Waals surface area contributed by atoms with Crippen LogP contribution in [0.15, 0.2) is 0 Å². The van der Waals surface area contributed by atoms with Crippen LogP contribution in [0.2, 0.25) is 0 Å². The minimum Gasteiger partial charge on any atom is -0.370 e. The molecule has 17 heavy (non-hydrogen) atoms. The largest absolute Gasteiger partial charge is 0.370 e. The maximum absolute atomic E-state index is 5.71. The molecule has 0 spiro atoms. The lowest BCUT2D eigenvalue weighted by molar-refractivity contribution is 0.0885. The lowest BCUT2D eigenvalue weighted by atomic mass is 9.63. The van der Waals surface area contributed by atoms with E-state index in [0.717, 1.165) is 23.7 Å². The average Bonchev–Trinajstić information content (AvgIpc) is 3.16. The van der Waals surface area contributed by atoms with Crippen LogP contribution in [-0.4, -0.2) is 12.2 Å². The third-order valence-electron chi connectivity index (χ3n) is 6.29. The normalized spacial score (nSPS) is 53.6.